The van der Waals surface area contributed by atoms with Gasteiger partial charge in [-0.15, -0.1) is 0 Å². The first-order chi connectivity index (χ1) is 11.2. The Kier molecular flexibility index (Phi) is 5.68. The summed E-state index contributed by atoms with van der Waals surface area (Å²) in [5.41, 5.74) is 7.66. The lowest BCUT2D eigenvalue weighted by atomic mass is 10.2. The van der Waals surface area contributed by atoms with Crippen molar-refractivity contribution in [2.24, 2.45) is 10.7 Å². The maximum Gasteiger partial charge on any atom is 0.193 e. The van der Waals surface area contributed by atoms with E-state index in [1.54, 1.807) is 21.3 Å². The van der Waals surface area contributed by atoms with Crippen LogP contribution in [0.2, 0.25) is 0 Å². The number of aliphatic imine (C=N–C) groups is 1. The van der Waals surface area contributed by atoms with Crippen molar-refractivity contribution in [1.82, 2.24) is 0 Å². The lowest BCUT2D eigenvalue weighted by Gasteiger charge is -2.11. The molecule has 0 bridgehead atoms. The number of nitrogens with zero attached hydrogens (tertiary/aromatic N) is 1. The molecule has 0 fully saturated rings. The van der Waals surface area contributed by atoms with Crippen LogP contribution in [0.25, 0.3) is 0 Å². The zero-order valence-corrected chi connectivity index (χ0v) is 13.5. The van der Waals surface area contributed by atoms with E-state index in [0.717, 1.165) is 11.3 Å². The molecule has 6 heteroatoms. The van der Waals surface area contributed by atoms with Crippen LogP contribution in [0.5, 0.6) is 17.2 Å². The Morgan fingerprint density at radius 1 is 0.957 bits per heavy atom. The van der Waals surface area contributed by atoms with Crippen molar-refractivity contribution in [3.8, 4) is 17.2 Å². The zero-order valence-electron chi connectivity index (χ0n) is 13.5. The van der Waals surface area contributed by atoms with Gasteiger partial charge in [0, 0.05) is 0 Å². The molecular formula is C17H21N3O3. The molecule has 122 valence electrons. The van der Waals surface area contributed by atoms with Gasteiger partial charge in [-0.05, 0) is 29.8 Å². The molecule has 0 amide bonds. The van der Waals surface area contributed by atoms with Crippen LogP contribution < -0.4 is 25.3 Å². The molecule has 0 unspecified atom stereocenters. The number of hydrogen-bond donors (Lipinski definition) is 2. The highest BCUT2D eigenvalue weighted by molar-refractivity contribution is 5.93. The number of guanidine groups is 1. The van der Waals surface area contributed by atoms with Gasteiger partial charge in [0.1, 0.15) is 5.75 Å². The molecule has 0 saturated heterocycles. The zero-order chi connectivity index (χ0) is 16.7. The minimum absolute atomic E-state index is 0.310. The number of nitrogens with two attached hydrogens (primary N) is 1. The first-order valence-corrected chi connectivity index (χ1v) is 7.08. The number of hydrogen-bond acceptors (Lipinski definition) is 4. The fourth-order valence-corrected chi connectivity index (χ4v) is 2.08. The number of ether oxygens (including phenoxy) is 3. The highest BCUT2D eigenvalue weighted by atomic mass is 16.5. The number of benzene rings is 2. The molecule has 0 aromatic heterocycles. The summed E-state index contributed by atoms with van der Waals surface area (Å²) >= 11 is 0. The van der Waals surface area contributed by atoms with Crippen molar-refractivity contribution in [3.05, 3.63) is 48.0 Å². The van der Waals surface area contributed by atoms with E-state index in [1.165, 1.54) is 0 Å². The first kappa shape index (κ1) is 16.5. The van der Waals surface area contributed by atoms with E-state index in [2.05, 4.69) is 10.3 Å². The summed E-state index contributed by atoms with van der Waals surface area (Å²) in [4.78, 5) is 4.33. The van der Waals surface area contributed by atoms with Crippen LogP contribution in [0.4, 0.5) is 5.69 Å². The van der Waals surface area contributed by atoms with E-state index in [0.29, 0.717) is 29.8 Å². The second-order valence-electron chi connectivity index (χ2n) is 4.72. The summed E-state index contributed by atoms with van der Waals surface area (Å²) in [7, 11) is 4.81. The Morgan fingerprint density at radius 3 is 2.35 bits per heavy atom. The molecule has 2 rings (SSSR count). The number of nitrogens with one attached hydrogen (secondary N) is 1. The van der Waals surface area contributed by atoms with Crippen LogP contribution in [-0.2, 0) is 6.54 Å². The van der Waals surface area contributed by atoms with E-state index < -0.39 is 0 Å². The third-order valence-electron chi connectivity index (χ3n) is 3.25. The summed E-state index contributed by atoms with van der Waals surface area (Å²) in [5.74, 6) is 2.36. The summed E-state index contributed by atoms with van der Waals surface area (Å²) in [6.07, 6.45) is 0. The van der Waals surface area contributed by atoms with Gasteiger partial charge < -0.3 is 25.3 Å². The lowest BCUT2D eigenvalue weighted by Crippen LogP contribution is -2.22. The number of anilines is 1. The quantitative estimate of drug-likeness (QED) is 0.633. The van der Waals surface area contributed by atoms with E-state index in [1.807, 2.05) is 42.5 Å². The summed E-state index contributed by atoms with van der Waals surface area (Å²) in [6.45, 7) is 0.425. The smallest absolute Gasteiger partial charge is 0.193 e. The monoisotopic (exact) mass is 315 g/mol. The van der Waals surface area contributed by atoms with Crippen molar-refractivity contribution in [2.75, 3.05) is 26.6 Å². The van der Waals surface area contributed by atoms with Gasteiger partial charge in [0.15, 0.2) is 17.5 Å². The molecule has 0 radical (unpaired) electrons. The van der Waals surface area contributed by atoms with Crippen molar-refractivity contribution < 1.29 is 14.2 Å². The van der Waals surface area contributed by atoms with Gasteiger partial charge in [-0.2, -0.15) is 0 Å². The van der Waals surface area contributed by atoms with Crippen LogP contribution in [-0.4, -0.2) is 27.3 Å². The molecule has 0 aliphatic carbocycles. The standard InChI is InChI=1S/C17H21N3O3/c1-21-14-7-5-4-6-13(14)20-17(18)19-11-12-8-9-15(22-2)16(10-12)23-3/h4-10H,11H2,1-3H3,(H3,18,19,20). The van der Waals surface area contributed by atoms with Gasteiger partial charge in [0.2, 0.25) is 0 Å². The lowest BCUT2D eigenvalue weighted by molar-refractivity contribution is 0.354. The van der Waals surface area contributed by atoms with Gasteiger partial charge in [0.05, 0.1) is 33.6 Å². The molecule has 0 atom stereocenters. The second kappa shape index (κ2) is 7.93. The molecule has 0 heterocycles. The average Bonchev–Trinajstić information content (AvgIpc) is 2.60. The first-order valence-electron chi connectivity index (χ1n) is 7.08. The third kappa shape index (κ3) is 4.29. The third-order valence-corrected chi connectivity index (χ3v) is 3.25. The Morgan fingerprint density at radius 2 is 1.65 bits per heavy atom. The predicted molar refractivity (Wildman–Crippen MR) is 91.5 cm³/mol. The van der Waals surface area contributed by atoms with Crippen molar-refractivity contribution >= 4 is 11.6 Å². The summed E-state index contributed by atoms with van der Waals surface area (Å²) in [5, 5.41) is 3.03. The Bertz CT molecular complexity index is 687. The van der Waals surface area contributed by atoms with Gasteiger partial charge in [0.25, 0.3) is 0 Å². The average molecular weight is 315 g/mol. The largest absolute Gasteiger partial charge is 0.495 e. The minimum Gasteiger partial charge on any atom is -0.495 e. The van der Waals surface area contributed by atoms with Gasteiger partial charge in [-0.3, -0.25) is 0 Å². The van der Waals surface area contributed by atoms with Crippen LogP contribution in [0.3, 0.4) is 0 Å². The fraction of sp³-hybridized carbons (Fsp3) is 0.235. The van der Waals surface area contributed by atoms with Crippen molar-refractivity contribution in [2.45, 2.75) is 6.54 Å². The topological polar surface area (TPSA) is 78.1 Å². The van der Waals surface area contributed by atoms with Gasteiger partial charge in [-0.1, -0.05) is 18.2 Å². The second-order valence-corrected chi connectivity index (χ2v) is 4.72. The minimum atomic E-state index is 0.310. The summed E-state index contributed by atoms with van der Waals surface area (Å²) in [6, 6.07) is 13.1. The molecule has 23 heavy (non-hydrogen) atoms. The highest BCUT2D eigenvalue weighted by Crippen LogP contribution is 2.28. The van der Waals surface area contributed by atoms with Gasteiger partial charge >= 0.3 is 0 Å². The van der Waals surface area contributed by atoms with E-state index in [9.17, 15) is 0 Å². The SMILES string of the molecule is COc1ccccc1NC(N)=NCc1ccc(OC)c(OC)c1. The molecule has 2 aromatic rings. The molecular weight excluding hydrogens is 294 g/mol. The molecule has 0 aliphatic heterocycles. The van der Waals surface area contributed by atoms with Crippen LogP contribution in [0, 0.1) is 0 Å². The Labute approximate surface area is 135 Å². The maximum absolute atomic E-state index is 5.93. The molecule has 0 aliphatic rings. The molecule has 2 aromatic carbocycles. The number of rotatable bonds is 6. The predicted octanol–water partition coefficient (Wildman–Crippen LogP) is 2.64. The molecule has 6 nitrogen and oxygen atoms in total. The van der Waals surface area contributed by atoms with Crippen LogP contribution in [0.15, 0.2) is 47.5 Å². The fourth-order valence-electron chi connectivity index (χ4n) is 2.08. The number of para-hydroxylation sites is 2. The van der Waals surface area contributed by atoms with E-state index in [-0.39, 0.29) is 0 Å². The molecule has 0 spiro atoms. The summed E-state index contributed by atoms with van der Waals surface area (Å²) < 4.78 is 15.7. The Balaban J connectivity index is 2.07. The maximum atomic E-state index is 5.93. The van der Waals surface area contributed by atoms with Crippen molar-refractivity contribution in [3.63, 3.8) is 0 Å². The van der Waals surface area contributed by atoms with Gasteiger partial charge in [-0.25, -0.2) is 4.99 Å². The normalized spacial score (nSPS) is 11.0. The Hall–Kier alpha value is -2.89. The van der Waals surface area contributed by atoms with E-state index in [4.69, 9.17) is 19.9 Å². The van der Waals surface area contributed by atoms with Crippen molar-refractivity contribution in [1.29, 1.82) is 0 Å². The van der Waals surface area contributed by atoms with Crippen LogP contribution >= 0.6 is 0 Å². The molecule has 3 N–H and O–H groups in total. The van der Waals surface area contributed by atoms with E-state index >= 15 is 0 Å². The highest BCUT2D eigenvalue weighted by Gasteiger charge is 2.05. The molecule has 0 saturated carbocycles. The number of methoxy groups -OCH3 is 3. The van der Waals surface area contributed by atoms with Crippen LogP contribution in [0.1, 0.15) is 5.56 Å².